The molecule has 15 heavy (non-hydrogen) atoms. The third-order valence-electron chi connectivity index (χ3n) is 2.54. The number of ether oxygens (including phenoxy) is 1. The Morgan fingerprint density at radius 1 is 1.53 bits per heavy atom. The zero-order valence-corrected chi connectivity index (χ0v) is 8.64. The number of hydrogen-bond donors (Lipinski definition) is 1. The maximum absolute atomic E-state index is 11.5. The first-order chi connectivity index (χ1) is 7.24. The first-order valence-corrected chi connectivity index (χ1v) is 4.88. The zero-order chi connectivity index (χ0) is 10.8. The molecule has 1 aromatic carbocycles. The van der Waals surface area contributed by atoms with Crippen LogP contribution in [0.2, 0.25) is 0 Å². The van der Waals surface area contributed by atoms with Crippen molar-refractivity contribution in [3.63, 3.8) is 0 Å². The standard InChI is InChI=1S/C11H14N2O2/c1-15-7-8-4-2-3-5-10(8)13-6-9(12)11(13)14/h2-5,9H,6-7,12H2,1H3. The van der Waals surface area contributed by atoms with Gasteiger partial charge in [0.15, 0.2) is 0 Å². The lowest BCUT2D eigenvalue weighted by Crippen LogP contribution is -2.61. The molecule has 0 radical (unpaired) electrons. The van der Waals surface area contributed by atoms with Gasteiger partial charge in [-0.15, -0.1) is 0 Å². The van der Waals surface area contributed by atoms with Crippen molar-refractivity contribution >= 4 is 11.6 Å². The minimum absolute atomic E-state index is 0.0152. The second-order valence-corrected chi connectivity index (χ2v) is 3.62. The van der Waals surface area contributed by atoms with E-state index in [9.17, 15) is 4.79 Å². The fourth-order valence-corrected chi connectivity index (χ4v) is 1.72. The molecule has 1 aliphatic rings. The number of carbonyl (C=O) groups excluding carboxylic acids is 1. The molecule has 0 bridgehead atoms. The summed E-state index contributed by atoms with van der Waals surface area (Å²) in [6.07, 6.45) is 0. The zero-order valence-electron chi connectivity index (χ0n) is 8.64. The molecule has 1 aromatic rings. The Bertz CT molecular complexity index is 379. The van der Waals surface area contributed by atoms with Crippen molar-refractivity contribution in [3.05, 3.63) is 29.8 Å². The van der Waals surface area contributed by atoms with Gasteiger partial charge in [0.05, 0.1) is 13.2 Å². The molecule has 0 aromatic heterocycles. The number of benzene rings is 1. The first kappa shape index (κ1) is 10.1. The predicted molar refractivity (Wildman–Crippen MR) is 57.5 cm³/mol. The number of anilines is 1. The van der Waals surface area contributed by atoms with Gasteiger partial charge in [-0.2, -0.15) is 0 Å². The maximum Gasteiger partial charge on any atom is 0.245 e. The van der Waals surface area contributed by atoms with Gasteiger partial charge in [0.25, 0.3) is 0 Å². The number of carbonyl (C=O) groups is 1. The van der Waals surface area contributed by atoms with E-state index in [1.165, 1.54) is 0 Å². The minimum Gasteiger partial charge on any atom is -0.380 e. The number of hydrogen-bond acceptors (Lipinski definition) is 3. The lowest BCUT2D eigenvalue weighted by Gasteiger charge is -2.37. The van der Waals surface area contributed by atoms with Gasteiger partial charge in [0, 0.05) is 18.4 Å². The van der Waals surface area contributed by atoms with E-state index in [0.29, 0.717) is 13.2 Å². The summed E-state index contributed by atoms with van der Waals surface area (Å²) in [6.45, 7) is 1.11. The minimum atomic E-state index is -0.333. The van der Waals surface area contributed by atoms with Crippen molar-refractivity contribution in [2.45, 2.75) is 12.6 Å². The smallest absolute Gasteiger partial charge is 0.245 e. The van der Waals surface area contributed by atoms with E-state index in [4.69, 9.17) is 10.5 Å². The Hall–Kier alpha value is -1.39. The highest BCUT2D eigenvalue weighted by atomic mass is 16.5. The number of nitrogens with zero attached hydrogens (tertiary/aromatic N) is 1. The number of amides is 1. The van der Waals surface area contributed by atoms with Gasteiger partial charge in [0.2, 0.25) is 5.91 Å². The van der Waals surface area contributed by atoms with Crippen LogP contribution in [0.1, 0.15) is 5.56 Å². The summed E-state index contributed by atoms with van der Waals surface area (Å²) in [5, 5.41) is 0. The van der Waals surface area contributed by atoms with E-state index in [2.05, 4.69) is 0 Å². The van der Waals surface area contributed by atoms with Gasteiger partial charge in [0.1, 0.15) is 6.04 Å². The molecule has 80 valence electrons. The molecule has 4 heteroatoms. The molecule has 1 fully saturated rings. The largest absolute Gasteiger partial charge is 0.380 e. The van der Waals surface area contributed by atoms with Crippen LogP contribution in [0.3, 0.4) is 0 Å². The number of methoxy groups -OCH3 is 1. The third kappa shape index (κ3) is 1.73. The topological polar surface area (TPSA) is 55.6 Å². The molecule has 1 atom stereocenters. The molecule has 1 amide bonds. The SMILES string of the molecule is COCc1ccccc1N1CC(N)C1=O. The van der Waals surface area contributed by atoms with E-state index in [-0.39, 0.29) is 11.9 Å². The molecule has 1 unspecified atom stereocenters. The molecule has 1 aliphatic heterocycles. The molecule has 0 aliphatic carbocycles. The summed E-state index contributed by atoms with van der Waals surface area (Å²) < 4.78 is 5.08. The van der Waals surface area contributed by atoms with Crippen LogP contribution in [0, 0.1) is 0 Å². The average Bonchev–Trinajstić information content (AvgIpc) is 2.27. The van der Waals surface area contributed by atoms with E-state index in [1.54, 1.807) is 12.0 Å². The summed E-state index contributed by atoms with van der Waals surface area (Å²) in [6, 6.07) is 7.38. The Morgan fingerprint density at radius 3 is 2.87 bits per heavy atom. The van der Waals surface area contributed by atoms with Crippen LogP contribution in [-0.2, 0) is 16.1 Å². The van der Waals surface area contributed by atoms with Gasteiger partial charge in [-0.1, -0.05) is 18.2 Å². The summed E-state index contributed by atoms with van der Waals surface area (Å²) in [5.74, 6) is -0.0152. The van der Waals surface area contributed by atoms with Gasteiger partial charge in [-0.25, -0.2) is 0 Å². The molecule has 4 nitrogen and oxygen atoms in total. The number of nitrogens with two attached hydrogens (primary N) is 1. The molecule has 2 rings (SSSR count). The van der Waals surface area contributed by atoms with Crippen LogP contribution >= 0.6 is 0 Å². The van der Waals surface area contributed by atoms with Crippen molar-refractivity contribution in [2.24, 2.45) is 5.73 Å². The molecule has 0 saturated carbocycles. The maximum atomic E-state index is 11.5. The molecular weight excluding hydrogens is 192 g/mol. The normalized spacial score (nSPS) is 20.3. The summed E-state index contributed by atoms with van der Waals surface area (Å²) >= 11 is 0. The van der Waals surface area contributed by atoms with Crippen LogP contribution < -0.4 is 10.6 Å². The van der Waals surface area contributed by atoms with Crippen LogP contribution in [-0.4, -0.2) is 25.6 Å². The van der Waals surface area contributed by atoms with Gasteiger partial charge < -0.3 is 15.4 Å². The fourth-order valence-electron chi connectivity index (χ4n) is 1.72. The predicted octanol–water partition coefficient (Wildman–Crippen LogP) is 0.507. The van der Waals surface area contributed by atoms with Crippen molar-refractivity contribution in [1.29, 1.82) is 0 Å². The first-order valence-electron chi connectivity index (χ1n) is 4.88. The van der Waals surface area contributed by atoms with E-state index in [0.717, 1.165) is 11.3 Å². The van der Waals surface area contributed by atoms with Crippen molar-refractivity contribution in [3.8, 4) is 0 Å². The number of para-hydroxylation sites is 1. The highest BCUT2D eigenvalue weighted by molar-refractivity contribution is 6.04. The quantitative estimate of drug-likeness (QED) is 0.733. The Balaban J connectivity index is 2.24. The monoisotopic (exact) mass is 206 g/mol. The molecule has 2 N–H and O–H groups in total. The Labute approximate surface area is 88.6 Å². The highest BCUT2D eigenvalue weighted by Crippen LogP contribution is 2.25. The molecule has 1 heterocycles. The summed E-state index contributed by atoms with van der Waals surface area (Å²) in [5.41, 5.74) is 7.47. The van der Waals surface area contributed by atoms with E-state index in [1.807, 2.05) is 24.3 Å². The summed E-state index contributed by atoms with van der Waals surface area (Å²) in [7, 11) is 1.64. The van der Waals surface area contributed by atoms with Crippen molar-refractivity contribution in [1.82, 2.24) is 0 Å². The summed E-state index contributed by atoms with van der Waals surface area (Å²) in [4.78, 5) is 13.2. The van der Waals surface area contributed by atoms with Gasteiger partial charge in [-0.3, -0.25) is 4.79 Å². The highest BCUT2D eigenvalue weighted by Gasteiger charge is 2.35. The average molecular weight is 206 g/mol. The van der Waals surface area contributed by atoms with Gasteiger partial charge in [-0.05, 0) is 6.07 Å². The lowest BCUT2D eigenvalue weighted by molar-refractivity contribution is -0.123. The molecular formula is C11H14N2O2. The number of β-lactam (4-membered cyclic amide) rings is 1. The third-order valence-corrected chi connectivity index (χ3v) is 2.54. The Kier molecular flexibility index (Phi) is 2.70. The van der Waals surface area contributed by atoms with Crippen LogP contribution in [0.25, 0.3) is 0 Å². The van der Waals surface area contributed by atoms with Crippen molar-refractivity contribution in [2.75, 3.05) is 18.6 Å². The second kappa shape index (κ2) is 4.00. The molecule has 0 spiro atoms. The van der Waals surface area contributed by atoms with Crippen molar-refractivity contribution < 1.29 is 9.53 Å². The van der Waals surface area contributed by atoms with Crippen LogP contribution in [0.5, 0.6) is 0 Å². The van der Waals surface area contributed by atoms with Gasteiger partial charge >= 0.3 is 0 Å². The fraction of sp³-hybridized carbons (Fsp3) is 0.364. The van der Waals surface area contributed by atoms with E-state index >= 15 is 0 Å². The molecule has 1 saturated heterocycles. The number of rotatable bonds is 3. The second-order valence-electron chi connectivity index (χ2n) is 3.62. The lowest BCUT2D eigenvalue weighted by atomic mass is 10.0. The van der Waals surface area contributed by atoms with Crippen LogP contribution in [0.15, 0.2) is 24.3 Å². The van der Waals surface area contributed by atoms with Crippen LogP contribution in [0.4, 0.5) is 5.69 Å². The Morgan fingerprint density at radius 2 is 2.27 bits per heavy atom. The van der Waals surface area contributed by atoms with E-state index < -0.39 is 0 Å².